The van der Waals surface area contributed by atoms with Crippen LogP contribution in [0.15, 0.2) is 55.0 Å². The van der Waals surface area contributed by atoms with Crippen molar-refractivity contribution in [2.75, 3.05) is 29.9 Å². The highest BCUT2D eigenvalue weighted by molar-refractivity contribution is 6.00. The topological polar surface area (TPSA) is 161 Å². The van der Waals surface area contributed by atoms with E-state index >= 15 is 0 Å². The molecule has 5 rings (SSSR count). The number of anilines is 3. The molecular formula is C31H34FN9O3. The molecule has 4 N–H and O–H groups in total. The average molecular weight is 600 g/mol. The quantitative estimate of drug-likeness (QED) is 0.214. The van der Waals surface area contributed by atoms with Gasteiger partial charge in [0.25, 0.3) is 5.91 Å². The molecule has 4 aromatic heterocycles. The Morgan fingerprint density at radius 1 is 1.16 bits per heavy atom. The van der Waals surface area contributed by atoms with E-state index in [0.29, 0.717) is 40.4 Å². The third-order valence-corrected chi connectivity index (χ3v) is 7.53. The van der Waals surface area contributed by atoms with Gasteiger partial charge in [-0.1, -0.05) is 0 Å². The number of nitrogens with one attached hydrogen (secondary N) is 3. The number of pyridine rings is 2. The summed E-state index contributed by atoms with van der Waals surface area (Å²) in [7, 11) is 0. The Kier molecular flexibility index (Phi) is 8.73. The number of alkyl halides is 1. The minimum absolute atomic E-state index is 0.0705. The first kappa shape index (κ1) is 30.4. The molecule has 1 fully saturated rings. The molecule has 0 aromatic carbocycles. The van der Waals surface area contributed by atoms with E-state index in [1.165, 1.54) is 33.2 Å². The summed E-state index contributed by atoms with van der Waals surface area (Å²) >= 11 is 0. The minimum Gasteiger partial charge on any atom is -0.387 e. The molecule has 1 unspecified atom stereocenters. The molecule has 2 atom stereocenters. The largest absolute Gasteiger partial charge is 0.387 e. The lowest BCUT2D eigenvalue weighted by molar-refractivity contribution is -0.119. The molecule has 1 aliphatic heterocycles. The summed E-state index contributed by atoms with van der Waals surface area (Å²) < 4.78 is 16.1. The van der Waals surface area contributed by atoms with Crippen molar-refractivity contribution >= 4 is 34.5 Å². The van der Waals surface area contributed by atoms with Crippen LogP contribution >= 0.6 is 0 Å². The third-order valence-electron chi connectivity index (χ3n) is 7.53. The van der Waals surface area contributed by atoms with Gasteiger partial charge < -0.3 is 26.0 Å². The molecule has 13 heteroatoms. The predicted molar refractivity (Wildman–Crippen MR) is 163 cm³/mol. The van der Waals surface area contributed by atoms with E-state index in [-0.39, 0.29) is 24.1 Å². The van der Waals surface area contributed by atoms with Gasteiger partial charge in [0.05, 0.1) is 63.9 Å². The van der Waals surface area contributed by atoms with Crippen LogP contribution in [0.3, 0.4) is 0 Å². The van der Waals surface area contributed by atoms with Crippen LogP contribution in [0.25, 0.3) is 16.9 Å². The van der Waals surface area contributed by atoms with Crippen LogP contribution < -0.4 is 20.9 Å². The second-order valence-electron chi connectivity index (χ2n) is 11.3. The van der Waals surface area contributed by atoms with E-state index in [4.69, 9.17) is 0 Å². The maximum atomic E-state index is 14.4. The first-order valence-corrected chi connectivity index (χ1v) is 14.3. The summed E-state index contributed by atoms with van der Waals surface area (Å²) in [4.78, 5) is 35.9. The van der Waals surface area contributed by atoms with Gasteiger partial charge in [0.2, 0.25) is 5.91 Å². The van der Waals surface area contributed by atoms with Gasteiger partial charge in [-0.2, -0.15) is 10.4 Å². The highest BCUT2D eigenvalue weighted by Gasteiger charge is 2.28. The predicted octanol–water partition coefficient (Wildman–Crippen LogP) is 3.35. The number of carbonyl (C=O) groups is 2. The average Bonchev–Trinajstić information content (AvgIpc) is 3.65. The van der Waals surface area contributed by atoms with Crippen LogP contribution in [0.4, 0.5) is 21.6 Å². The lowest BCUT2D eigenvalue weighted by atomic mass is 10.0. The van der Waals surface area contributed by atoms with Gasteiger partial charge in [-0.3, -0.25) is 14.6 Å². The van der Waals surface area contributed by atoms with Gasteiger partial charge in [0, 0.05) is 32.3 Å². The molecule has 0 aliphatic carbocycles. The first-order valence-electron chi connectivity index (χ1n) is 14.3. The number of aliphatic hydroxyl groups is 1. The van der Waals surface area contributed by atoms with E-state index < -0.39 is 17.7 Å². The van der Waals surface area contributed by atoms with Crippen molar-refractivity contribution in [1.82, 2.24) is 30.2 Å². The van der Waals surface area contributed by atoms with Gasteiger partial charge in [-0.25, -0.2) is 13.9 Å². The second-order valence-corrected chi connectivity index (χ2v) is 11.3. The standard InChI is InChI=1S/C31H34FN9O3/c1-19(42)34-16-23-5-4-10-40(23)29-9-6-21(15-36-29)39-25-12-26(27-8-7-22-11-20(13-33)14-38-41(22)27)35-17-24(25)30(43)37-18-28(32)31(2,3)44/h6-9,11-12,14-15,17,23,28,44H,4-5,10,16,18H2,1-3H3,(H,34,42)(H,35,39)(H,37,43)/t23-,28?/m0/s1. The van der Waals surface area contributed by atoms with Gasteiger partial charge in [0.1, 0.15) is 18.1 Å². The molecule has 1 saturated heterocycles. The summed E-state index contributed by atoms with van der Waals surface area (Å²) in [6.45, 7) is 5.16. The molecule has 228 valence electrons. The Balaban J connectivity index is 1.43. The SMILES string of the molecule is CC(=O)NC[C@@H]1CCCN1c1ccc(Nc2cc(-c3ccc4cc(C#N)cnn34)ncc2C(=O)NCC(F)C(C)(C)O)cn1. The number of amides is 2. The second kappa shape index (κ2) is 12.6. The molecule has 0 radical (unpaired) electrons. The summed E-state index contributed by atoms with van der Waals surface area (Å²) in [6.07, 6.45) is 4.79. The van der Waals surface area contributed by atoms with E-state index in [2.05, 4.69) is 42.0 Å². The molecule has 4 aromatic rings. The molecule has 1 aliphatic rings. The van der Waals surface area contributed by atoms with Crippen LogP contribution in [0, 0.1) is 11.3 Å². The van der Waals surface area contributed by atoms with E-state index in [0.717, 1.165) is 25.2 Å². The zero-order valence-electron chi connectivity index (χ0n) is 24.7. The van der Waals surface area contributed by atoms with Gasteiger partial charge >= 0.3 is 0 Å². The minimum atomic E-state index is -1.68. The fourth-order valence-electron chi connectivity index (χ4n) is 5.06. The van der Waals surface area contributed by atoms with Crippen LogP contribution in [0.2, 0.25) is 0 Å². The summed E-state index contributed by atoms with van der Waals surface area (Å²) in [6, 6.07) is 13.0. The number of aromatic nitrogens is 4. The Morgan fingerprint density at radius 2 is 1.98 bits per heavy atom. The normalized spacial score (nSPS) is 15.5. The Labute approximate surface area is 253 Å². The number of hydrogen-bond acceptors (Lipinski definition) is 9. The number of nitriles is 1. The fourth-order valence-corrected chi connectivity index (χ4v) is 5.06. The fraction of sp³-hybridized carbons (Fsp3) is 0.355. The highest BCUT2D eigenvalue weighted by Crippen LogP contribution is 2.29. The van der Waals surface area contributed by atoms with Crippen LogP contribution in [0.5, 0.6) is 0 Å². The summed E-state index contributed by atoms with van der Waals surface area (Å²) in [5, 5.41) is 32.2. The van der Waals surface area contributed by atoms with Crippen molar-refractivity contribution in [2.24, 2.45) is 0 Å². The molecule has 44 heavy (non-hydrogen) atoms. The van der Waals surface area contributed by atoms with Crippen LogP contribution in [-0.4, -0.2) is 74.0 Å². The van der Waals surface area contributed by atoms with E-state index in [1.807, 2.05) is 24.3 Å². The van der Waals surface area contributed by atoms with Crippen molar-refractivity contribution < 1.29 is 19.1 Å². The molecule has 0 saturated carbocycles. The Hall–Kier alpha value is -5.09. The van der Waals surface area contributed by atoms with Crippen molar-refractivity contribution in [3.63, 3.8) is 0 Å². The monoisotopic (exact) mass is 599 g/mol. The smallest absolute Gasteiger partial charge is 0.255 e. The number of fused-ring (bicyclic) bond motifs is 1. The third kappa shape index (κ3) is 6.76. The van der Waals surface area contributed by atoms with Crippen molar-refractivity contribution in [3.8, 4) is 17.5 Å². The number of rotatable bonds is 10. The molecule has 0 spiro atoms. The molecule has 12 nitrogen and oxygen atoms in total. The maximum absolute atomic E-state index is 14.4. The lowest BCUT2D eigenvalue weighted by Gasteiger charge is -2.26. The van der Waals surface area contributed by atoms with Gasteiger partial charge in [0.15, 0.2) is 0 Å². The van der Waals surface area contributed by atoms with Crippen molar-refractivity contribution in [1.29, 1.82) is 5.26 Å². The number of halogens is 1. The zero-order valence-corrected chi connectivity index (χ0v) is 24.7. The van der Waals surface area contributed by atoms with Gasteiger partial charge in [-0.05, 0) is 63.1 Å². The number of carbonyl (C=O) groups excluding carboxylic acids is 2. The Morgan fingerprint density at radius 3 is 2.68 bits per heavy atom. The molecule has 2 amide bonds. The maximum Gasteiger partial charge on any atom is 0.255 e. The van der Waals surface area contributed by atoms with Crippen molar-refractivity contribution in [3.05, 3.63) is 66.1 Å². The van der Waals surface area contributed by atoms with E-state index in [1.54, 1.807) is 22.8 Å². The van der Waals surface area contributed by atoms with Gasteiger partial charge in [-0.15, -0.1) is 0 Å². The first-order chi connectivity index (χ1) is 21.0. The van der Waals surface area contributed by atoms with Crippen molar-refractivity contribution in [2.45, 2.75) is 51.4 Å². The Bertz CT molecular complexity index is 1710. The van der Waals surface area contributed by atoms with E-state index in [9.17, 15) is 24.3 Å². The summed E-state index contributed by atoms with van der Waals surface area (Å²) in [5.41, 5.74) is 1.82. The highest BCUT2D eigenvalue weighted by atomic mass is 19.1. The number of nitrogens with zero attached hydrogens (tertiary/aromatic N) is 6. The lowest BCUT2D eigenvalue weighted by Crippen LogP contribution is -2.42. The summed E-state index contributed by atoms with van der Waals surface area (Å²) in [5.74, 6) is 0.136. The molecule has 0 bridgehead atoms. The molecule has 5 heterocycles. The zero-order chi connectivity index (χ0) is 31.4. The molecular weight excluding hydrogens is 565 g/mol. The number of hydrogen-bond donors (Lipinski definition) is 4. The van der Waals surface area contributed by atoms with Crippen LogP contribution in [0.1, 0.15) is 49.5 Å². The van der Waals surface area contributed by atoms with Crippen LogP contribution in [-0.2, 0) is 4.79 Å².